The molecule has 0 atom stereocenters. The van der Waals surface area contributed by atoms with Gasteiger partial charge in [-0.15, -0.1) is 0 Å². The summed E-state index contributed by atoms with van der Waals surface area (Å²) in [4.78, 5) is 4.42. The molecule has 0 fully saturated rings. The molecule has 0 aliphatic carbocycles. The number of nitrogens with zero attached hydrogens (tertiary/aromatic N) is 1. The largest absolute Gasteiger partial charge is 0.493 e. The lowest BCUT2D eigenvalue weighted by atomic mass is 10.2. The lowest BCUT2D eigenvalue weighted by Gasteiger charge is -2.14. The van der Waals surface area contributed by atoms with Gasteiger partial charge in [0.05, 0.1) is 33.6 Å². The molecule has 4 N–H and O–H groups in total. The van der Waals surface area contributed by atoms with E-state index in [2.05, 4.69) is 15.6 Å². The smallest absolute Gasteiger partial charge is 0.210 e. The van der Waals surface area contributed by atoms with Gasteiger partial charge in [-0.3, -0.25) is 0 Å². The van der Waals surface area contributed by atoms with E-state index in [4.69, 9.17) is 19.3 Å². The van der Waals surface area contributed by atoms with Crippen LogP contribution in [0.15, 0.2) is 17.1 Å². The zero-order valence-electron chi connectivity index (χ0n) is 15.0. The maximum Gasteiger partial charge on any atom is 0.210 e. The molecular weight excluding hydrogens is 348 g/mol. The minimum atomic E-state index is -3.52. The van der Waals surface area contributed by atoms with Gasteiger partial charge >= 0.3 is 0 Å². The Morgan fingerprint density at radius 1 is 1.12 bits per heavy atom. The number of ether oxygens (including phenoxy) is 3. The SMILES string of the molecule is CCNC(=NCc1cc(OC)c(OC)c(OC)c1)NCCS(N)(=O)=O. The quantitative estimate of drug-likeness (QED) is 0.412. The molecule has 0 saturated carbocycles. The van der Waals surface area contributed by atoms with Gasteiger partial charge in [-0.2, -0.15) is 0 Å². The Bertz CT molecular complexity index is 666. The molecule has 0 amide bonds. The molecule has 0 unspecified atom stereocenters. The molecule has 1 rings (SSSR count). The molecule has 0 bridgehead atoms. The van der Waals surface area contributed by atoms with Crippen LogP contribution in [0.1, 0.15) is 12.5 Å². The molecule has 9 nitrogen and oxygen atoms in total. The van der Waals surface area contributed by atoms with Crippen molar-refractivity contribution >= 4 is 16.0 Å². The van der Waals surface area contributed by atoms with E-state index < -0.39 is 10.0 Å². The number of guanidine groups is 1. The molecule has 0 aliphatic heterocycles. The second kappa shape index (κ2) is 9.94. The van der Waals surface area contributed by atoms with Crippen molar-refractivity contribution < 1.29 is 22.6 Å². The molecule has 0 aliphatic rings. The summed E-state index contributed by atoms with van der Waals surface area (Å²) < 4.78 is 37.9. The highest BCUT2D eigenvalue weighted by Crippen LogP contribution is 2.38. The number of benzene rings is 1. The Labute approximate surface area is 148 Å². The maximum atomic E-state index is 11.0. The number of methoxy groups -OCH3 is 3. The second-order valence-electron chi connectivity index (χ2n) is 5.02. The molecule has 0 radical (unpaired) electrons. The van der Waals surface area contributed by atoms with Crippen LogP contribution in [-0.4, -0.2) is 54.5 Å². The van der Waals surface area contributed by atoms with E-state index in [1.165, 1.54) is 7.11 Å². The molecule has 0 saturated heterocycles. The van der Waals surface area contributed by atoms with E-state index in [0.717, 1.165) is 5.56 Å². The summed E-state index contributed by atoms with van der Waals surface area (Å²) in [6.07, 6.45) is 0. The summed E-state index contributed by atoms with van der Waals surface area (Å²) in [6.45, 7) is 3.05. The number of sulfonamides is 1. The third kappa shape index (κ3) is 7.06. The summed E-state index contributed by atoms with van der Waals surface area (Å²) >= 11 is 0. The van der Waals surface area contributed by atoms with E-state index in [1.807, 2.05) is 6.92 Å². The third-order valence-corrected chi connectivity index (χ3v) is 3.94. The summed E-state index contributed by atoms with van der Waals surface area (Å²) in [6, 6.07) is 3.61. The Kier molecular flexibility index (Phi) is 8.29. The predicted molar refractivity (Wildman–Crippen MR) is 96.9 cm³/mol. The van der Waals surface area contributed by atoms with Gasteiger partial charge < -0.3 is 24.8 Å². The van der Waals surface area contributed by atoms with Gasteiger partial charge in [-0.25, -0.2) is 18.5 Å². The van der Waals surface area contributed by atoms with Crippen molar-refractivity contribution in [3.63, 3.8) is 0 Å². The van der Waals surface area contributed by atoms with E-state index >= 15 is 0 Å². The van der Waals surface area contributed by atoms with Crippen molar-refractivity contribution in [1.29, 1.82) is 0 Å². The van der Waals surface area contributed by atoms with Gasteiger partial charge in [-0.1, -0.05) is 0 Å². The number of rotatable bonds is 9. The maximum absolute atomic E-state index is 11.0. The first-order chi connectivity index (χ1) is 11.8. The number of nitrogens with one attached hydrogen (secondary N) is 2. The van der Waals surface area contributed by atoms with E-state index in [0.29, 0.717) is 36.3 Å². The number of aliphatic imine (C=N–C) groups is 1. The van der Waals surface area contributed by atoms with Crippen LogP contribution in [0.2, 0.25) is 0 Å². The highest BCUT2D eigenvalue weighted by atomic mass is 32.2. The Morgan fingerprint density at radius 2 is 1.72 bits per heavy atom. The summed E-state index contributed by atoms with van der Waals surface area (Å²) in [5.41, 5.74) is 0.846. The highest BCUT2D eigenvalue weighted by Gasteiger charge is 2.13. The van der Waals surface area contributed by atoms with E-state index in [-0.39, 0.29) is 12.3 Å². The van der Waals surface area contributed by atoms with Crippen molar-refractivity contribution in [3.05, 3.63) is 17.7 Å². The topological polar surface area (TPSA) is 124 Å². The average molecular weight is 374 g/mol. The Balaban J connectivity index is 2.91. The van der Waals surface area contributed by atoms with Crippen LogP contribution < -0.4 is 30.0 Å². The zero-order valence-corrected chi connectivity index (χ0v) is 15.8. The van der Waals surface area contributed by atoms with Gasteiger partial charge in [0.15, 0.2) is 17.5 Å². The molecule has 0 spiro atoms. The Hall–Kier alpha value is -2.20. The van der Waals surface area contributed by atoms with Crippen LogP contribution in [0, 0.1) is 0 Å². The Morgan fingerprint density at radius 3 is 2.16 bits per heavy atom. The first kappa shape index (κ1) is 20.8. The fourth-order valence-electron chi connectivity index (χ4n) is 2.05. The van der Waals surface area contributed by atoms with Crippen LogP contribution in [0.3, 0.4) is 0 Å². The van der Waals surface area contributed by atoms with Crippen molar-refractivity contribution in [2.75, 3.05) is 40.2 Å². The molecule has 1 aromatic rings. The fraction of sp³-hybridized carbons (Fsp3) is 0.533. The monoisotopic (exact) mass is 374 g/mol. The highest BCUT2D eigenvalue weighted by molar-refractivity contribution is 7.89. The molecule has 0 aromatic heterocycles. The van der Waals surface area contributed by atoms with Crippen molar-refractivity contribution in [2.24, 2.45) is 10.1 Å². The predicted octanol–water partition coefficient (Wildman–Crippen LogP) is 0.0560. The molecule has 25 heavy (non-hydrogen) atoms. The normalized spacial score (nSPS) is 11.8. The second-order valence-corrected chi connectivity index (χ2v) is 6.76. The van der Waals surface area contributed by atoms with Crippen LogP contribution >= 0.6 is 0 Å². The minimum absolute atomic E-state index is 0.167. The minimum Gasteiger partial charge on any atom is -0.493 e. The molecule has 1 aromatic carbocycles. The van der Waals surface area contributed by atoms with Crippen molar-refractivity contribution in [1.82, 2.24) is 10.6 Å². The lowest BCUT2D eigenvalue weighted by Crippen LogP contribution is -2.40. The van der Waals surface area contributed by atoms with E-state index in [9.17, 15) is 8.42 Å². The number of hydrogen-bond donors (Lipinski definition) is 3. The van der Waals surface area contributed by atoms with E-state index in [1.54, 1.807) is 26.4 Å². The fourth-order valence-corrected chi connectivity index (χ4v) is 2.44. The van der Waals surface area contributed by atoms with Crippen molar-refractivity contribution in [2.45, 2.75) is 13.5 Å². The molecular formula is C15H26N4O5S. The standard InChI is InChI=1S/C15H26N4O5S/c1-5-17-15(18-6-7-25(16,20)21)19-10-11-8-12(22-2)14(24-4)13(9-11)23-3/h8-9H,5-7,10H2,1-4H3,(H2,16,20,21)(H2,17,18,19). The van der Waals surface area contributed by atoms with Gasteiger partial charge in [0, 0.05) is 13.1 Å². The van der Waals surface area contributed by atoms with Gasteiger partial charge in [-0.05, 0) is 24.6 Å². The average Bonchev–Trinajstić information content (AvgIpc) is 2.57. The van der Waals surface area contributed by atoms with Crippen LogP contribution in [0.5, 0.6) is 17.2 Å². The number of nitrogens with two attached hydrogens (primary N) is 1. The molecule has 142 valence electrons. The number of primary sulfonamides is 1. The van der Waals surface area contributed by atoms with Gasteiger partial charge in [0.1, 0.15) is 0 Å². The summed E-state index contributed by atoms with van der Waals surface area (Å²) in [7, 11) is 1.11. The van der Waals surface area contributed by atoms with Crippen molar-refractivity contribution in [3.8, 4) is 17.2 Å². The summed E-state index contributed by atoms with van der Waals surface area (Å²) in [5, 5.41) is 10.9. The van der Waals surface area contributed by atoms with Crippen LogP contribution in [0.25, 0.3) is 0 Å². The van der Waals surface area contributed by atoms with Gasteiger partial charge in [0.2, 0.25) is 15.8 Å². The molecule has 10 heteroatoms. The third-order valence-electron chi connectivity index (χ3n) is 3.17. The first-order valence-electron chi connectivity index (χ1n) is 7.66. The van der Waals surface area contributed by atoms with Gasteiger partial charge in [0.25, 0.3) is 0 Å². The first-order valence-corrected chi connectivity index (χ1v) is 9.37. The van der Waals surface area contributed by atoms with Crippen LogP contribution in [0.4, 0.5) is 0 Å². The number of hydrogen-bond acceptors (Lipinski definition) is 6. The molecule has 0 heterocycles. The van der Waals surface area contributed by atoms with Crippen LogP contribution in [-0.2, 0) is 16.6 Å². The summed E-state index contributed by atoms with van der Waals surface area (Å²) in [5.74, 6) is 1.90. The zero-order chi connectivity index (χ0) is 18.9. The lowest BCUT2D eigenvalue weighted by molar-refractivity contribution is 0.324.